The molecule has 1 aromatic rings. The molecule has 1 rings (SSSR count). The van der Waals surface area contributed by atoms with E-state index in [1.54, 1.807) is 13.8 Å². The highest BCUT2D eigenvalue weighted by Crippen LogP contribution is 2.22. The van der Waals surface area contributed by atoms with Crippen LogP contribution in [0.25, 0.3) is 0 Å². The van der Waals surface area contributed by atoms with Crippen LogP contribution in [0.3, 0.4) is 0 Å². The highest BCUT2D eigenvalue weighted by Gasteiger charge is 2.24. The summed E-state index contributed by atoms with van der Waals surface area (Å²) in [5, 5.41) is 11.6. The number of carbonyl (C=O) groups excluding carboxylic acids is 1. The third-order valence-corrected chi connectivity index (χ3v) is 3.94. The highest BCUT2D eigenvalue weighted by molar-refractivity contribution is 7.14. The Morgan fingerprint density at radius 2 is 2.06 bits per heavy atom. The number of hydrogen-bond donors (Lipinski definition) is 2. The Bertz CT molecular complexity index is 451. The molecule has 0 aliphatic heterocycles. The van der Waals surface area contributed by atoms with E-state index in [1.807, 2.05) is 19.9 Å². The summed E-state index contributed by atoms with van der Waals surface area (Å²) in [6.45, 7) is 7.55. The first-order chi connectivity index (χ1) is 8.36. The summed E-state index contributed by atoms with van der Waals surface area (Å²) < 4.78 is 0. The average Bonchev–Trinajstić information content (AvgIpc) is 2.66. The number of carboxylic acid groups (broad SMARTS) is 1. The fraction of sp³-hybridized carbons (Fsp3) is 0.538. The van der Waals surface area contributed by atoms with Crippen LogP contribution in [0.4, 0.5) is 0 Å². The molecule has 1 heterocycles. The van der Waals surface area contributed by atoms with E-state index in [0.717, 1.165) is 16.9 Å². The molecule has 1 aromatic heterocycles. The van der Waals surface area contributed by atoms with Crippen molar-refractivity contribution in [1.29, 1.82) is 0 Å². The summed E-state index contributed by atoms with van der Waals surface area (Å²) in [4.78, 5) is 24.7. The lowest BCUT2D eigenvalue weighted by Gasteiger charge is -2.17. The summed E-state index contributed by atoms with van der Waals surface area (Å²) >= 11 is 1.41. The van der Waals surface area contributed by atoms with Gasteiger partial charge < -0.3 is 10.4 Å². The molecule has 0 fully saturated rings. The zero-order valence-electron chi connectivity index (χ0n) is 11.1. The van der Waals surface area contributed by atoms with Crippen LogP contribution in [-0.2, 0) is 11.2 Å². The van der Waals surface area contributed by atoms with Crippen LogP contribution in [-0.4, -0.2) is 23.0 Å². The number of carboxylic acids is 1. The number of carbonyl (C=O) groups is 2. The van der Waals surface area contributed by atoms with Crippen LogP contribution in [0.2, 0.25) is 0 Å². The van der Waals surface area contributed by atoms with Crippen LogP contribution in [0, 0.1) is 12.8 Å². The summed E-state index contributed by atoms with van der Waals surface area (Å²) in [5.74, 6) is -1.44. The third-order valence-electron chi connectivity index (χ3n) is 2.84. The van der Waals surface area contributed by atoms with Crippen LogP contribution < -0.4 is 5.32 Å². The topological polar surface area (TPSA) is 66.4 Å². The first kappa shape index (κ1) is 14.7. The molecule has 1 atom stereocenters. The van der Waals surface area contributed by atoms with Gasteiger partial charge in [0.05, 0.1) is 4.88 Å². The highest BCUT2D eigenvalue weighted by atomic mass is 32.1. The minimum Gasteiger partial charge on any atom is -0.480 e. The van der Waals surface area contributed by atoms with E-state index < -0.39 is 12.0 Å². The number of aliphatic carboxylic acids is 1. The van der Waals surface area contributed by atoms with E-state index in [0.29, 0.717) is 4.88 Å². The Morgan fingerprint density at radius 1 is 1.44 bits per heavy atom. The Morgan fingerprint density at radius 3 is 2.44 bits per heavy atom. The molecule has 18 heavy (non-hydrogen) atoms. The Balaban J connectivity index is 2.83. The molecular weight excluding hydrogens is 250 g/mol. The molecular formula is C13H19NO3S. The first-order valence-electron chi connectivity index (χ1n) is 5.99. The van der Waals surface area contributed by atoms with Gasteiger partial charge in [-0.15, -0.1) is 11.3 Å². The summed E-state index contributed by atoms with van der Waals surface area (Å²) in [5.41, 5.74) is 1.14. The van der Waals surface area contributed by atoms with Crippen molar-refractivity contribution in [1.82, 2.24) is 5.32 Å². The molecule has 1 amide bonds. The lowest BCUT2D eigenvalue weighted by atomic mass is 10.0. The van der Waals surface area contributed by atoms with Crippen molar-refractivity contribution in [2.45, 2.75) is 40.2 Å². The van der Waals surface area contributed by atoms with Gasteiger partial charge in [-0.05, 0) is 30.9 Å². The second-order valence-electron chi connectivity index (χ2n) is 4.58. The second kappa shape index (κ2) is 6.00. The number of aryl methyl sites for hydroxylation is 2. The summed E-state index contributed by atoms with van der Waals surface area (Å²) in [7, 11) is 0. The quantitative estimate of drug-likeness (QED) is 0.863. The zero-order valence-corrected chi connectivity index (χ0v) is 11.9. The van der Waals surface area contributed by atoms with Crippen LogP contribution in [0.15, 0.2) is 6.07 Å². The van der Waals surface area contributed by atoms with Crippen molar-refractivity contribution >= 4 is 23.2 Å². The van der Waals surface area contributed by atoms with Gasteiger partial charge in [-0.25, -0.2) is 4.79 Å². The van der Waals surface area contributed by atoms with Crippen molar-refractivity contribution < 1.29 is 14.7 Å². The lowest BCUT2D eigenvalue weighted by Crippen LogP contribution is -2.44. The molecule has 5 heteroatoms. The number of amides is 1. The fourth-order valence-corrected chi connectivity index (χ4v) is 2.73. The van der Waals surface area contributed by atoms with Crippen LogP contribution in [0.1, 0.15) is 40.9 Å². The van der Waals surface area contributed by atoms with E-state index in [-0.39, 0.29) is 11.8 Å². The maximum atomic E-state index is 12.0. The molecule has 0 saturated heterocycles. The number of hydrogen-bond acceptors (Lipinski definition) is 3. The van der Waals surface area contributed by atoms with E-state index in [2.05, 4.69) is 5.32 Å². The predicted molar refractivity (Wildman–Crippen MR) is 72.2 cm³/mol. The van der Waals surface area contributed by atoms with Gasteiger partial charge in [0, 0.05) is 4.88 Å². The molecule has 4 nitrogen and oxygen atoms in total. The Labute approximate surface area is 111 Å². The van der Waals surface area contributed by atoms with E-state index >= 15 is 0 Å². The first-order valence-corrected chi connectivity index (χ1v) is 6.81. The summed E-state index contributed by atoms with van der Waals surface area (Å²) in [6, 6.07) is 0.999. The normalized spacial score (nSPS) is 12.5. The molecule has 2 N–H and O–H groups in total. The van der Waals surface area contributed by atoms with Crippen molar-refractivity contribution in [2.75, 3.05) is 0 Å². The molecule has 0 spiro atoms. The number of rotatable bonds is 5. The smallest absolute Gasteiger partial charge is 0.326 e. The van der Waals surface area contributed by atoms with Crippen LogP contribution in [0.5, 0.6) is 0 Å². The Hall–Kier alpha value is -1.36. The van der Waals surface area contributed by atoms with Gasteiger partial charge in [0.15, 0.2) is 0 Å². The second-order valence-corrected chi connectivity index (χ2v) is 5.84. The summed E-state index contributed by atoms with van der Waals surface area (Å²) in [6.07, 6.45) is 0.877. The van der Waals surface area contributed by atoms with E-state index in [9.17, 15) is 9.59 Å². The predicted octanol–water partition coefficient (Wildman–Crippen LogP) is 2.46. The van der Waals surface area contributed by atoms with E-state index in [1.165, 1.54) is 11.3 Å². The van der Waals surface area contributed by atoms with Crippen molar-refractivity contribution in [3.8, 4) is 0 Å². The van der Waals surface area contributed by atoms with E-state index in [4.69, 9.17) is 5.11 Å². The van der Waals surface area contributed by atoms with Crippen molar-refractivity contribution in [2.24, 2.45) is 5.92 Å². The number of thiophene rings is 1. The molecule has 0 aliphatic rings. The SMILES string of the molecule is CCc1cc(C(=O)NC(C(=O)O)C(C)C)sc1C. The van der Waals surface area contributed by atoms with Gasteiger partial charge >= 0.3 is 5.97 Å². The van der Waals surface area contributed by atoms with Crippen molar-refractivity contribution in [3.05, 3.63) is 21.4 Å². The minimum atomic E-state index is -0.998. The molecule has 0 radical (unpaired) electrons. The minimum absolute atomic E-state index is 0.141. The van der Waals surface area contributed by atoms with Gasteiger partial charge in [0.25, 0.3) is 5.91 Å². The van der Waals surface area contributed by atoms with Gasteiger partial charge in [-0.2, -0.15) is 0 Å². The van der Waals surface area contributed by atoms with Gasteiger partial charge in [0.1, 0.15) is 6.04 Å². The lowest BCUT2D eigenvalue weighted by molar-refractivity contribution is -0.140. The number of nitrogens with one attached hydrogen (secondary N) is 1. The molecule has 1 unspecified atom stereocenters. The van der Waals surface area contributed by atoms with Crippen LogP contribution >= 0.6 is 11.3 Å². The van der Waals surface area contributed by atoms with Gasteiger partial charge in [0.2, 0.25) is 0 Å². The fourth-order valence-electron chi connectivity index (χ4n) is 1.71. The molecule has 0 aromatic carbocycles. The van der Waals surface area contributed by atoms with Crippen molar-refractivity contribution in [3.63, 3.8) is 0 Å². The maximum absolute atomic E-state index is 12.0. The standard InChI is InChI=1S/C13H19NO3S/c1-5-9-6-10(18-8(9)4)12(15)14-11(7(2)3)13(16)17/h6-7,11H,5H2,1-4H3,(H,14,15)(H,16,17). The Kier molecular flexibility index (Phi) is 4.90. The molecule has 0 bridgehead atoms. The molecule has 100 valence electrons. The monoisotopic (exact) mass is 269 g/mol. The third kappa shape index (κ3) is 3.32. The largest absolute Gasteiger partial charge is 0.480 e. The molecule has 0 aliphatic carbocycles. The average molecular weight is 269 g/mol. The zero-order chi connectivity index (χ0) is 13.9. The van der Waals surface area contributed by atoms with Gasteiger partial charge in [-0.3, -0.25) is 4.79 Å². The maximum Gasteiger partial charge on any atom is 0.326 e. The van der Waals surface area contributed by atoms with Gasteiger partial charge in [-0.1, -0.05) is 20.8 Å². The molecule has 0 saturated carbocycles.